The highest BCUT2D eigenvalue weighted by Crippen LogP contribution is 2.22. The van der Waals surface area contributed by atoms with E-state index in [2.05, 4.69) is 4.98 Å². The summed E-state index contributed by atoms with van der Waals surface area (Å²) in [6.45, 7) is 7.89. The van der Waals surface area contributed by atoms with E-state index >= 15 is 0 Å². The zero-order valence-corrected chi connectivity index (χ0v) is 8.38. The molecule has 13 heavy (non-hydrogen) atoms. The smallest absolute Gasteiger partial charge is 0.523 e. The van der Waals surface area contributed by atoms with Crippen LogP contribution in [0.15, 0.2) is 0 Å². The molecule has 0 bridgehead atoms. The molecule has 1 rings (SSSR count). The molecule has 1 radical (unpaired) electrons. The predicted octanol–water partition coefficient (Wildman–Crippen LogP) is 1.22. The van der Waals surface area contributed by atoms with Gasteiger partial charge in [0.1, 0.15) is 0 Å². The minimum Gasteiger partial charge on any atom is -0.523 e. The van der Waals surface area contributed by atoms with Crippen molar-refractivity contribution in [2.45, 2.75) is 27.7 Å². The van der Waals surface area contributed by atoms with Crippen molar-refractivity contribution in [1.29, 1.82) is 0 Å². The third kappa shape index (κ3) is 1.83. The van der Waals surface area contributed by atoms with E-state index < -0.39 is 0 Å². The van der Waals surface area contributed by atoms with Crippen LogP contribution in [0.4, 0.5) is 0 Å². The summed E-state index contributed by atoms with van der Waals surface area (Å²) in [5, 5.41) is 8.51. The first-order chi connectivity index (χ1) is 6.07. The lowest BCUT2D eigenvalue weighted by molar-refractivity contribution is 0.439. The Kier molecular flexibility index (Phi) is 2.93. The van der Waals surface area contributed by atoms with Gasteiger partial charge in [-0.1, -0.05) is 0 Å². The maximum Gasteiger partial charge on any atom is 0.570 e. The molecule has 0 unspecified atom stereocenters. The molecule has 0 aliphatic rings. The van der Waals surface area contributed by atoms with Crippen molar-refractivity contribution in [3.05, 3.63) is 22.4 Å². The second-order valence-electron chi connectivity index (χ2n) is 3.10. The molecule has 0 aromatic carbocycles. The van der Waals surface area contributed by atoms with Crippen molar-refractivity contribution in [2.24, 2.45) is 0 Å². The first kappa shape index (κ1) is 10.1. The van der Waals surface area contributed by atoms with Crippen LogP contribution in [0, 0.1) is 27.7 Å². The highest BCUT2D eigenvalue weighted by Gasteiger charge is 2.09. The van der Waals surface area contributed by atoms with E-state index in [9.17, 15) is 0 Å². The Morgan fingerprint density at radius 3 is 2.23 bits per heavy atom. The standard InChI is InChI=1S/C9H13BNO2/c1-5-6(2)8(4)11-9(7(5)3)13-10-12/h12H,1-4H3. The average Bonchev–Trinajstić information content (AvgIpc) is 2.11. The molecule has 69 valence electrons. The summed E-state index contributed by atoms with van der Waals surface area (Å²) in [4.78, 5) is 4.21. The lowest BCUT2D eigenvalue weighted by Gasteiger charge is -2.12. The number of aryl methyl sites for hydroxylation is 1. The highest BCUT2D eigenvalue weighted by molar-refractivity contribution is 6.17. The summed E-state index contributed by atoms with van der Waals surface area (Å²) in [7, 11) is 0.656. The number of aromatic nitrogens is 1. The summed E-state index contributed by atoms with van der Waals surface area (Å²) >= 11 is 0. The molecular weight excluding hydrogens is 165 g/mol. The summed E-state index contributed by atoms with van der Waals surface area (Å²) in [6.07, 6.45) is 0. The van der Waals surface area contributed by atoms with E-state index in [1.54, 1.807) is 0 Å². The van der Waals surface area contributed by atoms with Crippen molar-refractivity contribution in [3.8, 4) is 5.88 Å². The third-order valence-electron chi connectivity index (χ3n) is 2.42. The Bertz CT molecular complexity index is 326. The second-order valence-corrected chi connectivity index (χ2v) is 3.10. The first-order valence-corrected chi connectivity index (χ1v) is 4.15. The zero-order valence-electron chi connectivity index (χ0n) is 8.38. The van der Waals surface area contributed by atoms with Crippen molar-refractivity contribution < 1.29 is 9.68 Å². The van der Waals surface area contributed by atoms with Gasteiger partial charge in [0.2, 0.25) is 0 Å². The van der Waals surface area contributed by atoms with Crippen LogP contribution < -0.4 is 4.65 Å². The molecular formula is C9H13BNO2. The van der Waals surface area contributed by atoms with Gasteiger partial charge in [0.05, 0.1) is 0 Å². The van der Waals surface area contributed by atoms with E-state index in [0.717, 1.165) is 16.8 Å². The van der Waals surface area contributed by atoms with Gasteiger partial charge in [0.25, 0.3) is 0 Å². The van der Waals surface area contributed by atoms with E-state index in [4.69, 9.17) is 9.68 Å². The molecule has 0 atom stereocenters. The third-order valence-corrected chi connectivity index (χ3v) is 2.42. The first-order valence-electron chi connectivity index (χ1n) is 4.15. The Labute approximate surface area is 79.1 Å². The molecule has 0 spiro atoms. The highest BCUT2D eigenvalue weighted by atomic mass is 16.5. The van der Waals surface area contributed by atoms with Crippen LogP contribution in [0.2, 0.25) is 0 Å². The van der Waals surface area contributed by atoms with Crippen LogP contribution >= 0.6 is 0 Å². The number of nitrogens with zero attached hydrogens (tertiary/aromatic N) is 1. The van der Waals surface area contributed by atoms with Crippen molar-refractivity contribution in [3.63, 3.8) is 0 Å². The van der Waals surface area contributed by atoms with E-state index in [1.165, 1.54) is 5.56 Å². The Morgan fingerprint density at radius 2 is 1.69 bits per heavy atom. The van der Waals surface area contributed by atoms with Gasteiger partial charge in [-0.2, -0.15) is 0 Å². The number of rotatable bonds is 2. The molecule has 1 N–H and O–H groups in total. The van der Waals surface area contributed by atoms with Gasteiger partial charge in [-0.25, -0.2) is 4.98 Å². The van der Waals surface area contributed by atoms with Crippen LogP contribution in [0.25, 0.3) is 0 Å². The summed E-state index contributed by atoms with van der Waals surface area (Å²) in [5.41, 5.74) is 4.22. The fourth-order valence-electron chi connectivity index (χ4n) is 1.20. The molecule has 0 aliphatic heterocycles. The Morgan fingerprint density at radius 1 is 1.08 bits per heavy atom. The van der Waals surface area contributed by atoms with Gasteiger partial charge >= 0.3 is 7.69 Å². The van der Waals surface area contributed by atoms with E-state index in [1.807, 2.05) is 27.7 Å². The van der Waals surface area contributed by atoms with Crippen LogP contribution in [-0.2, 0) is 0 Å². The lowest BCUT2D eigenvalue weighted by atomic mass is 10.0. The monoisotopic (exact) mass is 178 g/mol. The molecule has 1 heterocycles. The van der Waals surface area contributed by atoms with Crippen molar-refractivity contribution >= 4 is 7.69 Å². The van der Waals surface area contributed by atoms with Crippen molar-refractivity contribution in [1.82, 2.24) is 4.98 Å². The normalized spacial score (nSPS) is 9.92. The summed E-state index contributed by atoms with van der Waals surface area (Å²) in [6, 6.07) is 0. The predicted molar refractivity (Wildman–Crippen MR) is 51.8 cm³/mol. The fourth-order valence-corrected chi connectivity index (χ4v) is 1.20. The average molecular weight is 178 g/mol. The zero-order chi connectivity index (χ0) is 10.0. The van der Waals surface area contributed by atoms with E-state index in [-0.39, 0.29) is 0 Å². The molecule has 0 saturated heterocycles. The minimum atomic E-state index is 0.475. The second kappa shape index (κ2) is 3.79. The minimum absolute atomic E-state index is 0.475. The van der Waals surface area contributed by atoms with Crippen molar-refractivity contribution in [2.75, 3.05) is 0 Å². The maximum atomic E-state index is 8.51. The molecule has 0 aliphatic carbocycles. The lowest BCUT2D eigenvalue weighted by Crippen LogP contribution is -2.06. The van der Waals surface area contributed by atoms with Gasteiger partial charge in [-0.05, 0) is 38.8 Å². The number of hydrogen-bond acceptors (Lipinski definition) is 3. The van der Waals surface area contributed by atoms with Gasteiger partial charge in [0.15, 0.2) is 5.88 Å². The van der Waals surface area contributed by atoms with Gasteiger partial charge in [-0.15, -0.1) is 0 Å². The van der Waals surface area contributed by atoms with Gasteiger partial charge in [-0.3, -0.25) is 0 Å². The summed E-state index contributed by atoms with van der Waals surface area (Å²) < 4.78 is 4.87. The molecule has 0 amide bonds. The van der Waals surface area contributed by atoms with Crippen LogP contribution in [0.1, 0.15) is 22.4 Å². The SMILES string of the molecule is Cc1nc(O[B]O)c(C)c(C)c1C. The topological polar surface area (TPSA) is 42.4 Å². The maximum absolute atomic E-state index is 8.51. The summed E-state index contributed by atoms with van der Waals surface area (Å²) in [5.74, 6) is 0.475. The molecule has 0 saturated carbocycles. The Hall–Kier alpha value is -1.03. The molecule has 1 aromatic rings. The van der Waals surface area contributed by atoms with Gasteiger partial charge < -0.3 is 9.68 Å². The number of hydrogen-bond donors (Lipinski definition) is 1. The number of pyridine rings is 1. The fraction of sp³-hybridized carbons (Fsp3) is 0.444. The Balaban J connectivity index is 3.24. The van der Waals surface area contributed by atoms with E-state index in [0.29, 0.717) is 13.6 Å². The quantitative estimate of drug-likeness (QED) is 0.692. The molecule has 4 heteroatoms. The molecule has 0 fully saturated rings. The van der Waals surface area contributed by atoms with Crippen LogP contribution in [0.5, 0.6) is 5.88 Å². The molecule has 3 nitrogen and oxygen atoms in total. The van der Waals surface area contributed by atoms with Gasteiger partial charge in [0, 0.05) is 11.3 Å². The van der Waals surface area contributed by atoms with Crippen LogP contribution in [-0.4, -0.2) is 17.7 Å². The molecule has 1 aromatic heterocycles. The van der Waals surface area contributed by atoms with Crippen LogP contribution in [0.3, 0.4) is 0 Å². The largest absolute Gasteiger partial charge is 0.570 e.